The molecule has 2 aromatic rings. The lowest BCUT2D eigenvalue weighted by Crippen LogP contribution is -2.37. The first kappa shape index (κ1) is 16.8. The molecule has 7 nitrogen and oxygen atoms in total. The van der Waals surface area contributed by atoms with Gasteiger partial charge in [0, 0.05) is 18.3 Å². The zero-order chi connectivity index (χ0) is 18.2. The van der Waals surface area contributed by atoms with E-state index in [2.05, 4.69) is 5.32 Å². The lowest BCUT2D eigenvalue weighted by atomic mass is 10.1. The molecule has 0 aromatic heterocycles. The first-order valence-corrected chi connectivity index (χ1v) is 8.77. The summed E-state index contributed by atoms with van der Waals surface area (Å²) >= 11 is 0. The second kappa shape index (κ2) is 6.14. The molecule has 0 bridgehead atoms. The molecule has 1 heterocycles. The predicted molar refractivity (Wildman–Crippen MR) is 94.9 cm³/mol. The van der Waals surface area contributed by atoms with Gasteiger partial charge < -0.3 is 15.2 Å². The molecule has 0 spiro atoms. The van der Waals surface area contributed by atoms with Gasteiger partial charge in [-0.2, -0.15) is 0 Å². The molecule has 0 saturated heterocycles. The molecule has 0 aliphatic carbocycles. The summed E-state index contributed by atoms with van der Waals surface area (Å²) in [6.45, 7) is 0. The van der Waals surface area contributed by atoms with Crippen LogP contribution in [0.3, 0.4) is 0 Å². The van der Waals surface area contributed by atoms with Crippen molar-refractivity contribution < 1.29 is 23.1 Å². The number of anilines is 2. The average molecular weight is 360 g/mol. The van der Waals surface area contributed by atoms with Gasteiger partial charge in [0.05, 0.1) is 12.8 Å². The minimum absolute atomic E-state index is 0.278. The SMILES string of the molecule is COc1ccc(NC(=O)C2=C(O)c3ccccc3N(C)S2(=O)=O)cc1. The van der Waals surface area contributed by atoms with Crippen molar-refractivity contribution in [3.05, 3.63) is 59.0 Å². The number of para-hydroxylation sites is 1. The molecule has 0 atom stereocenters. The van der Waals surface area contributed by atoms with E-state index in [1.807, 2.05) is 0 Å². The zero-order valence-electron chi connectivity index (χ0n) is 13.6. The summed E-state index contributed by atoms with van der Waals surface area (Å²) in [5, 5.41) is 12.9. The molecule has 0 fully saturated rings. The number of methoxy groups -OCH3 is 1. The number of hydrogen-bond donors (Lipinski definition) is 2. The number of aliphatic hydroxyl groups is 1. The van der Waals surface area contributed by atoms with Crippen LogP contribution in [0.1, 0.15) is 5.56 Å². The highest BCUT2D eigenvalue weighted by molar-refractivity contribution is 7.97. The minimum atomic E-state index is -4.17. The molecule has 2 aromatic carbocycles. The Bertz CT molecular complexity index is 965. The third kappa shape index (κ3) is 2.80. The lowest BCUT2D eigenvalue weighted by Gasteiger charge is -2.28. The predicted octanol–water partition coefficient (Wildman–Crippen LogP) is 2.34. The van der Waals surface area contributed by atoms with Crippen LogP contribution in [0, 0.1) is 0 Å². The highest BCUT2D eigenvalue weighted by Gasteiger charge is 2.39. The van der Waals surface area contributed by atoms with E-state index in [0.717, 1.165) is 4.31 Å². The van der Waals surface area contributed by atoms with Crippen LogP contribution < -0.4 is 14.4 Å². The van der Waals surface area contributed by atoms with Crippen molar-refractivity contribution in [2.45, 2.75) is 0 Å². The molecule has 8 heteroatoms. The Morgan fingerprint density at radius 2 is 1.76 bits per heavy atom. The van der Waals surface area contributed by atoms with E-state index in [9.17, 15) is 18.3 Å². The van der Waals surface area contributed by atoms with Crippen molar-refractivity contribution >= 4 is 33.1 Å². The highest BCUT2D eigenvalue weighted by Crippen LogP contribution is 2.37. The van der Waals surface area contributed by atoms with E-state index in [4.69, 9.17) is 4.74 Å². The third-order valence-electron chi connectivity index (χ3n) is 3.89. The van der Waals surface area contributed by atoms with Crippen molar-refractivity contribution in [2.24, 2.45) is 0 Å². The number of rotatable bonds is 3. The molecular weight excluding hydrogens is 344 g/mol. The van der Waals surface area contributed by atoms with E-state index in [1.54, 1.807) is 48.5 Å². The first-order valence-electron chi connectivity index (χ1n) is 7.33. The lowest BCUT2D eigenvalue weighted by molar-refractivity contribution is -0.112. The van der Waals surface area contributed by atoms with E-state index in [-0.39, 0.29) is 5.56 Å². The number of fused-ring (bicyclic) bond motifs is 1. The monoisotopic (exact) mass is 360 g/mol. The molecule has 130 valence electrons. The molecule has 1 aliphatic heterocycles. The highest BCUT2D eigenvalue weighted by atomic mass is 32.2. The molecule has 0 saturated carbocycles. The fraction of sp³-hybridized carbons (Fsp3) is 0.118. The van der Waals surface area contributed by atoms with Crippen LogP contribution >= 0.6 is 0 Å². The minimum Gasteiger partial charge on any atom is -0.506 e. The molecule has 2 N–H and O–H groups in total. The topological polar surface area (TPSA) is 95.9 Å². The van der Waals surface area contributed by atoms with Gasteiger partial charge in [0.25, 0.3) is 15.9 Å². The molecule has 25 heavy (non-hydrogen) atoms. The van der Waals surface area contributed by atoms with Crippen molar-refractivity contribution in [3.63, 3.8) is 0 Å². The van der Waals surface area contributed by atoms with Gasteiger partial charge in [0.2, 0.25) is 0 Å². The van der Waals surface area contributed by atoms with Gasteiger partial charge in [-0.15, -0.1) is 0 Å². The average Bonchev–Trinajstić information content (AvgIpc) is 2.60. The Balaban J connectivity index is 2.03. The van der Waals surface area contributed by atoms with Gasteiger partial charge in [0.15, 0.2) is 10.7 Å². The number of hydrogen-bond acceptors (Lipinski definition) is 5. The molecule has 0 radical (unpaired) electrons. The van der Waals surface area contributed by atoms with Gasteiger partial charge in [-0.3, -0.25) is 9.10 Å². The maximum Gasteiger partial charge on any atom is 0.273 e. The smallest absolute Gasteiger partial charge is 0.273 e. The van der Waals surface area contributed by atoms with Gasteiger partial charge in [-0.1, -0.05) is 12.1 Å². The van der Waals surface area contributed by atoms with Gasteiger partial charge in [-0.05, 0) is 36.4 Å². The number of aliphatic hydroxyl groups excluding tert-OH is 1. The van der Waals surface area contributed by atoms with Crippen LogP contribution in [-0.2, 0) is 14.8 Å². The normalized spacial score (nSPS) is 15.5. The van der Waals surface area contributed by atoms with Crippen molar-refractivity contribution in [2.75, 3.05) is 23.8 Å². The Hall–Kier alpha value is -3.00. The second-order valence-electron chi connectivity index (χ2n) is 5.35. The summed E-state index contributed by atoms with van der Waals surface area (Å²) in [6.07, 6.45) is 0. The summed E-state index contributed by atoms with van der Waals surface area (Å²) in [5.74, 6) is -0.886. The van der Waals surface area contributed by atoms with Crippen LogP contribution in [0.15, 0.2) is 53.4 Å². The summed E-state index contributed by atoms with van der Waals surface area (Å²) in [5.41, 5.74) is 0.962. The fourth-order valence-corrected chi connectivity index (χ4v) is 3.88. The fourth-order valence-electron chi connectivity index (χ4n) is 2.55. The van der Waals surface area contributed by atoms with Gasteiger partial charge in [-0.25, -0.2) is 8.42 Å². The Morgan fingerprint density at radius 1 is 1.12 bits per heavy atom. The summed E-state index contributed by atoms with van der Waals surface area (Å²) in [7, 11) is -1.32. The zero-order valence-corrected chi connectivity index (χ0v) is 14.4. The molecule has 1 amide bonds. The van der Waals surface area contributed by atoms with Crippen molar-refractivity contribution in [1.29, 1.82) is 0 Å². The van der Waals surface area contributed by atoms with E-state index in [1.165, 1.54) is 14.2 Å². The molecule has 3 rings (SSSR count). The quantitative estimate of drug-likeness (QED) is 0.876. The van der Waals surface area contributed by atoms with Gasteiger partial charge >= 0.3 is 0 Å². The van der Waals surface area contributed by atoms with Crippen molar-refractivity contribution in [3.8, 4) is 5.75 Å². The molecule has 1 aliphatic rings. The Kier molecular flexibility index (Phi) is 4.13. The van der Waals surface area contributed by atoms with Crippen molar-refractivity contribution in [1.82, 2.24) is 0 Å². The van der Waals surface area contributed by atoms with Crippen LogP contribution in [0.4, 0.5) is 11.4 Å². The van der Waals surface area contributed by atoms with Crippen LogP contribution in [0.25, 0.3) is 5.76 Å². The Labute approximate surface area is 145 Å². The number of nitrogens with zero attached hydrogens (tertiary/aromatic N) is 1. The number of ether oxygens (including phenoxy) is 1. The van der Waals surface area contributed by atoms with E-state index < -0.39 is 26.6 Å². The van der Waals surface area contributed by atoms with E-state index >= 15 is 0 Å². The molecule has 0 unspecified atom stereocenters. The maximum atomic E-state index is 12.6. The number of sulfonamides is 1. The molecular formula is C17H16N2O5S. The largest absolute Gasteiger partial charge is 0.506 e. The first-order chi connectivity index (χ1) is 11.9. The number of nitrogens with one attached hydrogen (secondary N) is 1. The van der Waals surface area contributed by atoms with E-state index in [0.29, 0.717) is 17.1 Å². The number of benzene rings is 2. The number of carbonyl (C=O) groups excluding carboxylic acids is 1. The number of amides is 1. The second-order valence-corrected chi connectivity index (χ2v) is 7.26. The van der Waals surface area contributed by atoms with Crippen LogP contribution in [0.2, 0.25) is 0 Å². The van der Waals surface area contributed by atoms with Crippen LogP contribution in [0.5, 0.6) is 5.75 Å². The van der Waals surface area contributed by atoms with Gasteiger partial charge in [0.1, 0.15) is 5.75 Å². The summed E-state index contributed by atoms with van der Waals surface area (Å²) < 4.78 is 31.3. The standard InChI is InChI=1S/C17H16N2O5S/c1-19-14-6-4-3-5-13(14)15(20)16(25(19,22)23)17(21)18-11-7-9-12(24-2)10-8-11/h3-10,20H,1-2H3,(H,18,21). The Morgan fingerprint density at radius 3 is 2.40 bits per heavy atom. The summed E-state index contributed by atoms with van der Waals surface area (Å²) in [4.78, 5) is 11.8. The maximum absolute atomic E-state index is 12.6. The third-order valence-corrected chi connectivity index (χ3v) is 5.70. The van der Waals surface area contributed by atoms with Crippen LogP contribution in [-0.4, -0.2) is 33.6 Å². The summed E-state index contributed by atoms with van der Waals surface area (Å²) in [6, 6.07) is 12.8. The number of carbonyl (C=O) groups is 1.